The van der Waals surface area contributed by atoms with Gasteiger partial charge in [0.15, 0.2) is 0 Å². The summed E-state index contributed by atoms with van der Waals surface area (Å²) in [5.41, 5.74) is 7.51. The van der Waals surface area contributed by atoms with Crippen molar-refractivity contribution in [3.05, 3.63) is 24.3 Å². The highest BCUT2D eigenvalue weighted by Gasteiger charge is 2.11. The van der Waals surface area contributed by atoms with Crippen molar-refractivity contribution in [2.24, 2.45) is 0 Å². The molecule has 1 fully saturated rings. The van der Waals surface area contributed by atoms with Gasteiger partial charge in [0.25, 0.3) is 0 Å². The van der Waals surface area contributed by atoms with Gasteiger partial charge >= 0.3 is 6.01 Å². The van der Waals surface area contributed by atoms with Crippen LogP contribution in [0.1, 0.15) is 0 Å². The van der Waals surface area contributed by atoms with E-state index >= 15 is 0 Å². The van der Waals surface area contributed by atoms with Gasteiger partial charge in [-0.15, -0.1) is 5.10 Å². The number of nitrogens with two attached hydrogens (primary N) is 1. The Morgan fingerprint density at radius 3 is 2.44 bits per heavy atom. The first kappa shape index (κ1) is 11.0. The van der Waals surface area contributed by atoms with Crippen molar-refractivity contribution >= 4 is 11.7 Å². The summed E-state index contributed by atoms with van der Waals surface area (Å²) < 4.78 is 5.19. The van der Waals surface area contributed by atoms with Crippen LogP contribution in [0.15, 0.2) is 28.7 Å². The summed E-state index contributed by atoms with van der Waals surface area (Å²) in [5, 5.41) is 10.8. The highest BCUT2D eigenvalue weighted by atomic mass is 16.4. The van der Waals surface area contributed by atoms with Gasteiger partial charge in [0.1, 0.15) is 0 Å². The van der Waals surface area contributed by atoms with Gasteiger partial charge in [0.2, 0.25) is 5.89 Å². The van der Waals surface area contributed by atoms with E-state index in [9.17, 15) is 0 Å². The summed E-state index contributed by atoms with van der Waals surface area (Å²) in [5.74, 6) is 0.458. The molecule has 0 spiro atoms. The van der Waals surface area contributed by atoms with Crippen LogP contribution in [0.2, 0.25) is 0 Å². The smallest absolute Gasteiger partial charge is 0.313 e. The number of hydrogen-bond acceptors (Lipinski definition) is 6. The Morgan fingerprint density at radius 1 is 1.11 bits per heavy atom. The van der Waals surface area contributed by atoms with Gasteiger partial charge in [-0.2, -0.15) is 0 Å². The van der Waals surface area contributed by atoms with E-state index in [1.54, 1.807) is 0 Å². The van der Waals surface area contributed by atoms with E-state index < -0.39 is 0 Å². The molecule has 0 saturated carbocycles. The molecule has 6 nitrogen and oxygen atoms in total. The maximum absolute atomic E-state index is 5.41. The molecule has 94 valence electrons. The quantitative estimate of drug-likeness (QED) is 0.812. The van der Waals surface area contributed by atoms with Crippen LogP contribution in [0.4, 0.5) is 11.7 Å². The molecule has 3 rings (SSSR count). The summed E-state index contributed by atoms with van der Waals surface area (Å²) in [6.45, 7) is 4.13. The number of hydrogen-bond donors (Lipinski definition) is 2. The zero-order valence-corrected chi connectivity index (χ0v) is 9.97. The van der Waals surface area contributed by atoms with Crippen LogP contribution < -0.4 is 16.0 Å². The number of piperazine rings is 1. The molecule has 1 saturated heterocycles. The van der Waals surface area contributed by atoms with Crippen LogP contribution in [0.3, 0.4) is 0 Å². The largest absolute Gasteiger partial charge is 0.404 e. The average molecular weight is 245 g/mol. The van der Waals surface area contributed by atoms with Crippen molar-refractivity contribution < 1.29 is 4.42 Å². The molecule has 1 aliphatic heterocycles. The molecule has 2 heterocycles. The topological polar surface area (TPSA) is 80.2 Å². The Labute approximate surface area is 105 Å². The predicted octanol–water partition coefficient (Wildman–Crippen LogP) is 0.728. The molecular weight excluding hydrogens is 230 g/mol. The van der Waals surface area contributed by atoms with Gasteiger partial charge in [0.05, 0.1) is 0 Å². The van der Waals surface area contributed by atoms with Crippen LogP contribution >= 0.6 is 0 Å². The Morgan fingerprint density at radius 2 is 1.83 bits per heavy atom. The fourth-order valence-corrected chi connectivity index (χ4v) is 2.09. The van der Waals surface area contributed by atoms with Gasteiger partial charge in [0, 0.05) is 37.4 Å². The average Bonchev–Trinajstić information content (AvgIpc) is 2.87. The Hall–Kier alpha value is -2.08. The van der Waals surface area contributed by atoms with Crippen LogP contribution in [-0.4, -0.2) is 36.4 Å². The molecule has 0 unspecified atom stereocenters. The fraction of sp³-hybridized carbons (Fsp3) is 0.333. The molecule has 1 aliphatic rings. The van der Waals surface area contributed by atoms with E-state index in [1.165, 1.54) is 5.69 Å². The van der Waals surface area contributed by atoms with E-state index in [2.05, 4.69) is 32.5 Å². The molecule has 0 amide bonds. The van der Waals surface area contributed by atoms with Gasteiger partial charge in [-0.25, -0.2) is 0 Å². The summed E-state index contributed by atoms with van der Waals surface area (Å²) >= 11 is 0. The number of nitrogens with zero attached hydrogens (tertiary/aromatic N) is 3. The third-order valence-corrected chi connectivity index (χ3v) is 3.04. The minimum absolute atomic E-state index is 0.0937. The van der Waals surface area contributed by atoms with E-state index in [1.807, 2.05) is 12.1 Å². The lowest BCUT2D eigenvalue weighted by Gasteiger charge is -2.29. The number of anilines is 2. The number of nitrogens with one attached hydrogen (secondary N) is 1. The molecule has 0 bridgehead atoms. The van der Waals surface area contributed by atoms with E-state index in [0.29, 0.717) is 5.89 Å². The zero-order valence-electron chi connectivity index (χ0n) is 9.97. The first-order valence-electron chi connectivity index (χ1n) is 5.98. The second kappa shape index (κ2) is 4.66. The van der Waals surface area contributed by atoms with Crippen LogP contribution in [0.5, 0.6) is 0 Å². The normalized spacial score (nSPS) is 15.9. The first-order valence-corrected chi connectivity index (χ1v) is 5.98. The summed E-state index contributed by atoms with van der Waals surface area (Å²) in [6, 6.07) is 8.19. The Kier molecular flexibility index (Phi) is 2.85. The van der Waals surface area contributed by atoms with Crippen molar-refractivity contribution in [2.45, 2.75) is 0 Å². The number of aromatic nitrogens is 2. The minimum Gasteiger partial charge on any atom is -0.404 e. The lowest BCUT2D eigenvalue weighted by atomic mass is 10.2. The monoisotopic (exact) mass is 245 g/mol. The molecule has 3 N–H and O–H groups in total. The maximum atomic E-state index is 5.41. The second-order valence-corrected chi connectivity index (χ2v) is 4.23. The Balaban J connectivity index is 1.80. The fourth-order valence-electron chi connectivity index (χ4n) is 2.09. The highest BCUT2D eigenvalue weighted by Crippen LogP contribution is 2.22. The summed E-state index contributed by atoms with van der Waals surface area (Å²) in [7, 11) is 0. The van der Waals surface area contributed by atoms with Crippen molar-refractivity contribution in [3.63, 3.8) is 0 Å². The van der Waals surface area contributed by atoms with Gasteiger partial charge < -0.3 is 20.4 Å². The highest BCUT2D eigenvalue weighted by molar-refractivity contribution is 5.59. The van der Waals surface area contributed by atoms with Crippen LogP contribution in [0.25, 0.3) is 11.5 Å². The third-order valence-electron chi connectivity index (χ3n) is 3.04. The number of rotatable bonds is 2. The molecule has 18 heavy (non-hydrogen) atoms. The molecule has 1 aromatic heterocycles. The van der Waals surface area contributed by atoms with E-state index in [4.69, 9.17) is 10.2 Å². The summed E-state index contributed by atoms with van der Waals surface area (Å²) in [4.78, 5) is 2.35. The van der Waals surface area contributed by atoms with Gasteiger partial charge in [-0.3, -0.25) is 0 Å². The molecule has 0 atom stereocenters. The Bertz CT molecular complexity index is 516. The molecule has 1 aromatic carbocycles. The molecule has 6 heteroatoms. The summed E-state index contributed by atoms with van der Waals surface area (Å²) in [6.07, 6.45) is 0. The molecule has 2 aromatic rings. The van der Waals surface area contributed by atoms with Crippen molar-refractivity contribution in [2.75, 3.05) is 36.8 Å². The zero-order chi connectivity index (χ0) is 12.4. The SMILES string of the molecule is Nc1nnc(-c2ccc(N3CCNCC3)cc2)o1. The first-order chi connectivity index (χ1) is 8.83. The molecule has 0 radical (unpaired) electrons. The minimum atomic E-state index is 0.0937. The van der Waals surface area contributed by atoms with E-state index in [0.717, 1.165) is 31.7 Å². The third kappa shape index (κ3) is 2.14. The lowest BCUT2D eigenvalue weighted by Crippen LogP contribution is -2.43. The number of nitrogen functional groups attached to an aromatic ring is 1. The standard InChI is InChI=1S/C12H15N5O/c13-12-16-15-11(18-12)9-1-3-10(4-2-9)17-7-5-14-6-8-17/h1-4,14H,5-8H2,(H2,13,16). The van der Waals surface area contributed by atoms with Crippen LogP contribution in [-0.2, 0) is 0 Å². The maximum Gasteiger partial charge on any atom is 0.313 e. The second-order valence-electron chi connectivity index (χ2n) is 4.23. The van der Waals surface area contributed by atoms with Gasteiger partial charge in [-0.05, 0) is 24.3 Å². The molecular formula is C12H15N5O. The van der Waals surface area contributed by atoms with Crippen molar-refractivity contribution in [3.8, 4) is 11.5 Å². The van der Waals surface area contributed by atoms with Crippen molar-refractivity contribution in [1.29, 1.82) is 0 Å². The predicted molar refractivity (Wildman–Crippen MR) is 69.2 cm³/mol. The van der Waals surface area contributed by atoms with Gasteiger partial charge in [-0.1, -0.05) is 5.10 Å². The number of benzene rings is 1. The van der Waals surface area contributed by atoms with E-state index in [-0.39, 0.29) is 6.01 Å². The van der Waals surface area contributed by atoms with Crippen LogP contribution in [0, 0.1) is 0 Å². The van der Waals surface area contributed by atoms with Crippen molar-refractivity contribution in [1.82, 2.24) is 15.5 Å². The molecule has 0 aliphatic carbocycles. The lowest BCUT2D eigenvalue weighted by molar-refractivity contribution is 0.587.